The van der Waals surface area contributed by atoms with Crippen LogP contribution in [0.5, 0.6) is 5.75 Å². The smallest absolute Gasteiger partial charge is 0.152 e. The van der Waals surface area contributed by atoms with E-state index in [-0.39, 0.29) is 15.8 Å². The molecule has 1 heterocycles. The number of benzene rings is 2. The maximum Gasteiger partial charge on any atom is 0.152 e. The quantitative estimate of drug-likeness (QED) is 0.787. The number of anilines is 1. The van der Waals surface area contributed by atoms with Gasteiger partial charge in [0.25, 0.3) is 0 Å². The minimum absolute atomic E-state index is 0.0744. The maximum atomic E-state index is 9.59. The number of hydrogen-bond acceptors (Lipinski definition) is 2. The van der Waals surface area contributed by atoms with E-state index in [2.05, 4.69) is 17.5 Å². The monoisotopic (exact) mass is 291 g/mol. The van der Waals surface area contributed by atoms with E-state index in [1.807, 2.05) is 18.3 Å². The van der Waals surface area contributed by atoms with Crippen molar-refractivity contribution in [1.82, 2.24) is 0 Å². The van der Waals surface area contributed by atoms with Crippen molar-refractivity contribution >= 4 is 28.9 Å². The van der Waals surface area contributed by atoms with Gasteiger partial charge in [0.15, 0.2) is 5.75 Å². The van der Waals surface area contributed by atoms with Gasteiger partial charge in [0.05, 0.1) is 10.0 Å². The van der Waals surface area contributed by atoms with Crippen LogP contribution >= 0.6 is 23.2 Å². The minimum Gasteiger partial charge on any atom is -0.505 e. The van der Waals surface area contributed by atoms with Crippen molar-refractivity contribution < 1.29 is 5.11 Å². The van der Waals surface area contributed by atoms with E-state index >= 15 is 0 Å². The Labute approximate surface area is 121 Å². The van der Waals surface area contributed by atoms with Crippen molar-refractivity contribution in [2.75, 3.05) is 5.32 Å². The summed E-state index contributed by atoms with van der Waals surface area (Å²) < 4.78 is 0. The summed E-state index contributed by atoms with van der Waals surface area (Å²) in [5.74, 6) is -0.0744. The molecule has 96 valence electrons. The largest absolute Gasteiger partial charge is 0.505 e. The average Bonchev–Trinajstić information content (AvgIpc) is 2.43. The Hall–Kier alpha value is -1.64. The van der Waals surface area contributed by atoms with Crippen LogP contribution in [0.15, 0.2) is 42.6 Å². The van der Waals surface area contributed by atoms with Crippen molar-refractivity contribution in [2.45, 2.75) is 6.42 Å². The topological polar surface area (TPSA) is 32.3 Å². The second-order valence-corrected chi connectivity index (χ2v) is 5.23. The summed E-state index contributed by atoms with van der Waals surface area (Å²) in [6.45, 7) is 0. The van der Waals surface area contributed by atoms with E-state index in [0.717, 1.165) is 23.2 Å². The summed E-state index contributed by atoms with van der Waals surface area (Å²) in [5.41, 5.74) is 4.26. The van der Waals surface area contributed by atoms with E-state index in [9.17, 15) is 5.11 Å². The molecule has 2 aromatic carbocycles. The number of allylic oxidation sites excluding steroid dienone is 1. The van der Waals surface area contributed by atoms with E-state index < -0.39 is 0 Å². The number of fused-ring (bicyclic) bond motifs is 1. The molecule has 0 fully saturated rings. The van der Waals surface area contributed by atoms with Crippen LogP contribution in [0.3, 0.4) is 0 Å². The summed E-state index contributed by atoms with van der Waals surface area (Å²) in [5, 5.41) is 13.3. The third-order valence-electron chi connectivity index (χ3n) is 3.15. The number of nitrogens with one attached hydrogen (secondary N) is 1. The molecule has 0 amide bonds. The van der Waals surface area contributed by atoms with E-state index in [1.54, 1.807) is 12.1 Å². The molecule has 0 radical (unpaired) electrons. The molecule has 0 aliphatic carbocycles. The SMILES string of the molecule is Oc1c(Cl)cc(-c2ccc3c(c2)CC=CN3)cc1Cl. The van der Waals surface area contributed by atoms with E-state index in [1.165, 1.54) is 5.56 Å². The molecule has 0 bridgehead atoms. The van der Waals surface area contributed by atoms with Crippen LogP contribution < -0.4 is 5.32 Å². The number of halogens is 2. The predicted octanol–water partition coefficient (Wildman–Crippen LogP) is 4.85. The molecule has 19 heavy (non-hydrogen) atoms. The van der Waals surface area contributed by atoms with Gasteiger partial charge in [-0.1, -0.05) is 35.3 Å². The Morgan fingerprint density at radius 1 is 1.00 bits per heavy atom. The maximum absolute atomic E-state index is 9.59. The Morgan fingerprint density at radius 3 is 2.47 bits per heavy atom. The molecule has 3 rings (SSSR count). The summed E-state index contributed by atoms with van der Waals surface area (Å²) in [4.78, 5) is 0. The molecule has 2 N–H and O–H groups in total. The Morgan fingerprint density at radius 2 is 1.74 bits per heavy atom. The predicted molar refractivity (Wildman–Crippen MR) is 80.0 cm³/mol. The summed E-state index contributed by atoms with van der Waals surface area (Å²) in [6, 6.07) is 9.57. The second-order valence-electron chi connectivity index (χ2n) is 4.41. The standard InChI is InChI=1S/C15H11Cl2NO/c16-12-7-11(8-13(17)15(12)19)9-3-4-14-10(6-9)2-1-5-18-14/h1,3-8,18-19H,2H2. The minimum atomic E-state index is -0.0744. The number of aromatic hydroxyl groups is 1. The fourth-order valence-corrected chi connectivity index (χ4v) is 2.64. The number of phenols is 1. The molecule has 1 aliphatic rings. The van der Waals surface area contributed by atoms with Crippen molar-refractivity contribution in [2.24, 2.45) is 0 Å². The number of phenolic OH excluding ortho intramolecular Hbond substituents is 1. The fraction of sp³-hybridized carbons (Fsp3) is 0.0667. The lowest BCUT2D eigenvalue weighted by Crippen LogP contribution is -1.99. The van der Waals surface area contributed by atoms with Gasteiger partial charge >= 0.3 is 0 Å². The summed E-state index contributed by atoms with van der Waals surface area (Å²) >= 11 is 11.9. The van der Waals surface area contributed by atoms with E-state index in [0.29, 0.717) is 0 Å². The van der Waals surface area contributed by atoms with Crippen molar-refractivity contribution in [1.29, 1.82) is 0 Å². The molecule has 0 unspecified atom stereocenters. The molecule has 1 aliphatic heterocycles. The molecule has 0 aromatic heterocycles. The first-order valence-corrected chi connectivity index (χ1v) is 6.63. The summed E-state index contributed by atoms with van der Waals surface area (Å²) in [6.07, 6.45) is 4.91. The van der Waals surface area contributed by atoms with E-state index in [4.69, 9.17) is 23.2 Å². The van der Waals surface area contributed by atoms with Gasteiger partial charge in [-0.15, -0.1) is 0 Å². The van der Waals surface area contributed by atoms with Crippen molar-refractivity contribution in [3.05, 3.63) is 58.2 Å². The highest BCUT2D eigenvalue weighted by Crippen LogP contribution is 2.37. The first-order valence-electron chi connectivity index (χ1n) is 5.88. The Balaban J connectivity index is 2.08. The first kappa shape index (κ1) is 12.4. The lowest BCUT2D eigenvalue weighted by molar-refractivity contribution is 0.476. The summed E-state index contributed by atoms with van der Waals surface area (Å²) in [7, 11) is 0. The van der Waals surface area contributed by atoms with Crippen LogP contribution in [0.4, 0.5) is 5.69 Å². The number of hydrogen-bond donors (Lipinski definition) is 2. The molecule has 0 saturated carbocycles. The first-order chi connectivity index (χ1) is 9.15. The molecular formula is C15H11Cl2NO. The highest BCUT2D eigenvalue weighted by molar-refractivity contribution is 6.37. The van der Waals surface area contributed by atoms with Gasteiger partial charge < -0.3 is 10.4 Å². The lowest BCUT2D eigenvalue weighted by Gasteiger charge is -2.14. The Bertz CT molecular complexity index is 657. The molecular weight excluding hydrogens is 281 g/mol. The van der Waals surface area contributed by atoms with Crippen LogP contribution in [-0.4, -0.2) is 5.11 Å². The van der Waals surface area contributed by atoms with Crippen molar-refractivity contribution in [3.8, 4) is 16.9 Å². The zero-order chi connectivity index (χ0) is 13.4. The zero-order valence-electron chi connectivity index (χ0n) is 9.95. The molecule has 4 heteroatoms. The number of rotatable bonds is 1. The van der Waals surface area contributed by atoms with Crippen LogP contribution in [-0.2, 0) is 6.42 Å². The molecule has 2 aromatic rings. The third kappa shape index (κ3) is 2.29. The third-order valence-corrected chi connectivity index (χ3v) is 3.73. The molecule has 0 atom stereocenters. The van der Waals surface area contributed by atoms with Gasteiger partial charge in [0.2, 0.25) is 0 Å². The highest BCUT2D eigenvalue weighted by Gasteiger charge is 2.10. The molecule has 0 spiro atoms. The fourth-order valence-electron chi connectivity index (χ4n) is 2.15. The van der Waals surface area contributed by atoms with Crippen LogP contribution in [0.25, 0.3) is 11.1 Å². The van der Waals surface area contributed by atoms with Gasteiger partial charge in [0.1, 0.15) is 0 Å². The van der Waals surface area contributed by atoms with Gasteiger partial charge in [0, 0.05) is 5.69 Å². The van der Waals surface area contributed by atoms with Gasteiger partial charge in [-0.25, -0.2) is 0 Å². The van der Waals surface area contributed by atoms with Gasteiger partial charge in [-0.3, -0.25) is 0 Å². The van der Waals surface area contributed by atoms with Gasteiger partial charge in [-0.2, -0.15) is 0 Å². The molecule has 0 saturated heterocycles. The van der Waals surface area contributed by atoms with Crippen LogP contribution in [0, 0.1) is 0 Å². The van der Waals surface area contributed by atoms with Crippen LogP contribution in [0.1, 0.15) is 5.56 Å². The lowest BCUT2D eigenvalue weighted by atomic mass is 9.99. The average molecular weight is 292 g/mol. The second kappa shape index (κ2) is 4.80. The zero-order valence-corrected chi connectivity index (χ0v) is 11.5. The van der Waals surface area contributed by atoms with Crippen LogP contribution in [0.2, 0.25) is 10.0 Å². The Kier molecular flexibility index (Phi) is 3.13. The van der Waals surface area contributed by atoms with Gasteiger partial charge in [-0.05, 0) is 53.6 Å². The van der Waals surface area contributed by atoms with Crippen molar-refractivity contribution in [3.63, 3.8) is 0 Å². The highest BCUT2D eigenvalue weighted by atomic mass is 35.5. The molecule has 2 nitrogen and oxygen atoms in total. The normalized spacial score (nSPS) is 12.9.